The van der Waals surface area contributed by atoms with Gasteiger partial charge in [0.2, 0.25) is 17.7 Å². The fourth-order valence-corrected chi connectivity index (χ4v) is 2.94. The molecule has 13 nitrogen and oxygen atoms in total. The van der Waals surface area contributed by atoms with E-state index in [9.17, 15) is 28.8 Å². The summed E-state index contributed by atoms with van der Waals surface area (Å²) in [6.07, 6.45) is -1.31. The van der Waals surface area contributed by atoms with Crippen molar-refractivity contribution < 1.29 is 48.8 Å². The summed E-state index contributed by atoms with van der Waals surface area (Å²) in [4.78, 5) is 69.4. The minimum absolute atomic E-state index is 0.0524. The molecule has 0 saturated heterocycles. The molecule has 1 aromatic carbocycles. The first-order valence-corrected chi connectivity index (χ1v) is 10.8. The Kier molecular flexibility index (Phi) is 11.7. The lowest BCUT2D eigenvalue weighted by molar-refractivity contribution is -0.159. The summed E-state index contributed by atoms with van der Waals surface area (Å²) >= 11 is 0. The zero-order valence-electron chi connectivity index (χ0n) is 19.1. The second-order valence-electron chi connectivity index (χ2n) is 7.64. The van der Waals surface area contributed by atoms with Crippen LogP contribution < -0.4 is 21.1 Å². The summed E-state index contributed by atoms with van der Waals surface area (Å²) in [7, 11) is 0. The molecular formula is C22H29N3O10. The van der Waals surface area contributed by atoms with Crippen LogP contribution in [0.3, 0.4) is 0 Å². The summed E-state index contributed by atoms with van der Waals surface area (Å²) in [5, 5.41) is 31.5. The zero-order valence-corrected chi connectivity index (χ0v) is 19.1. The summed E-state index contributed by atoms with van der Waals surface area (Å²) in [6.45, 7) is 1.90. The van der Waals surface area contributed by atoms with E-state index in [1.54, 1.807) is 0 Å². The fourth-order valence-electron chi connectivity index (χ4n) is 2.94. The third kappa shape index (κ3) is 10.5. The molecular weight excluding hydrogens is 466 g/mol. The lowest BCUT2D eigenvalue weighted by Gasteiger charge is -2.22. The molecule has 1 aromatic rings. The highest BCUT2D eigenvalue weighted by molar-refractivity contribution is 5.96. The van der Waals surface area contributed by atoms with Gasteiger partial charge in [0.15, 0.2) is 0 Å². The van der Waals surface area contributed by atoms with Crippen molar-refractivity contribution in [1.29, 1.82) is 0 Å². The van der Waals surface area contributed by atoms with Crippen LogP contribution in [0.1, 0.15) is 44.6 Å². The Morgan fingerprint density at radius 1 is 0.914 bits per heavy atom. The molecule has 13 heteroatoms. The number of primary amides is 1. The Morgan fingerprint density at radius 2 is 1.51 bits per heavy atom. The number of unbranched alkanes of at least 4 members (excludes halogenated alkanes) is 1. The van der Waals surface area contributed by atoms with Crippen LogP contribution in [0.2, 0.25) is 0 Å². The van der Waals surface area contributed by atoms with Gasteiger partial charge in [-0.15, -0.1) is 0 Å². The van der Waals surface area contributed by atoms with Crippen molar-refractivity contribution in [3.63, 3.8) is 0 Å². The van der Waals surface area contributed by atoms with Crippen molar-refractivity contribution in [3.8, 4) is 5.75 Å². The fraction of sp³-hybridized carbons (Fsp3) is 0.455. The highest BCUT2D eigenvalue weighted by Crippen LogP contribution is 2.16. The number of amides is 3. The molecule has 0 radical (unpaired) electrons. The second-order valence-corrected chi connectivity index (χ2v) is 7.64. The Morgan fingerprint density at radius 3 is 2.00 bits per heavy atom. The van der Waals surface area contributed by atoms with Gasteiger partial charge in [-0.25, -0.2) is 9.59 Å². The smallest absolute Gasteiger partial charge is 0.356 e. The largest absolute Gasteiger partial charge is 0.481 e. The van der Waals surface area contributed by atoms with Gasteiger partial charge in [-0.05, 0) is 24.1 Å². The third-order valence-electron chi connectivity index (χ3n) is 4.79. The second kappa shape index (κ2) is 14.2. The van der Waals surface area contributed by atoms with Crippen LogP contribution in [0, 0.1) is 0 Å². The van der Waals surface area contributed by atoms with Crippen molar-refractivity contribution in [2.45, 2.75) is 63.6 Å². The molecule has 0 fully saturated rings. The average Bonchev–Trinajstić information content (AvgIpc) is 2.78. The summed E-state index contributed by atoms with van der Waals surface area (Å²) in [5.41, 5.74) is 5.83. The molecule has 0 aromatic heterocycles. The zero-order chi connectivity index (χ0) is 26.5. The van der Waals surface area contributed by atoms with E-state index in [1.807, 2.05) is 6.92 Å². The summed E-state index contributed by atoms with van der Waals surface area (Å²) in [6, 6.07) is 3.31. The van der Waals surface area contributed by atoms with E-state index >= 15 is 0 Å². The molecule has 0 aliphatic carbocycles. The topological polar surface area (TPSA) is 222 Å². The number of rotatable bonds is 16. The number of ether oxygens (including phenoxy) is 1. The number of nitrogens with two attached hydrogens (primary N) is 1. The highest BCUT2D eigenvalue weighted by atomic mass is 16.5. The van der Waals surface area contributed by atoms with Crippen LogP contribution in [-0.2, 0) is 35.2 Å². The van der Waals surface area contributed by atoms with Crippen molar-refractivity contribution >= 4 is 35.6 Å². The molecule has 0 saturated carbocycles. The van der Waals surface area contributed by atoms with Crippen LogP contribution in [0.5, 0.6) is 5.75 Å². The molecule has 0 bridgehead atoms. The monoisotopic (exact) mass is 495 g/mol. The Bertz CT molecular complexity index is 918. The molecule has 1 rings (SSSR count). The molecule has 0 aliphatic rings. The standard InChI is InChI=1S/C22H29N3O10/c1-2-3-4-14(19(23)29)25-20(30)15(24-16(26)9-10-17(27)28)11-12-5-7-13(8-6-12)35-18(21(31)32)22(33)34/h5-8,14-15,18H,2-4,9-11H2,1H3,(H2,23,29)(H,24,26)(H,25,30)(H,27,28)(H,31,32)(H,33,34)/t14-,15-/m0/s1. The van der Waals surface area contributed by atoms with E-state index in [-0.39, 0.29) is 18.6 Å². The molecule has 192 valence electrons. The van der Waals surface area contributed by atoms with E-state index < -0.39 is 60.2 Å². The van der Waals surface area contributed by atoms with Crippen molar-refractivity contribution in [1.82, 2.24) is 10.6 Å². The maximum Gasteiger partial charge on any atom is 0.356 e. The molecule has 3 amide bonds. The Labute approximate surface area is 200 Å². The minimum atomic E-state index is -2.11. The van der Waals surface area contributed by atoms with Gasteiger partial charge in [0.05, 0.1) is 6.42 Å². The molecule has 0 unspecified atom stereocenters. The lowest BCUT2D eigenvalue weighted by atomic mass is 10.0. The van der Waals surface area contributed by atoms with Gasteiger partial charge in [0, 0.05) is 12.8 Å². The predicted molar refractivity (Wildman–Crippen MR) is 119 cm³/mol. The maximum atomic E-state index is 12.9. The molecule has 0 spiro atoms. The number of benzene rings is 1. The van der Waals surface area contributed by atoms with E-state index in [2.05, 4.69) is 10.6 Å². The first kappa shape index (κ1) is 28.9. The predicted octanol–water partition coefficient (Wildman–Crippen LogP) is -0.344. The van der Waals surface area contributed by atoms with Crippen LogP contribution in [0.15, 0.2) is 24.3 Å². The lowest BCUT2D eigenvalue weighted by Crippen LogP contribution is -2.53. The van der Waals surface area contributed by atoms with Crippen molar-refractivity contribution in [2.24, 2.45) is 5.73 Å². The minimum Gasteiger partial charge on any atom is -0.481 e. The number of carbonyl (C=O) groups excluding carboxylic acids is 3. The summed E-state index contributed by atoms with van der Waals surface area (Å²) in [5.74, 6) is -6.75. The van der Waals surface area contributed by atoms with E-state index in [4.69, 9.17) is 25.8 Å². The van der Waals surface area contributed by atoms with Gasteiger partial charge in [-0.2, -0.15) is 0 Å². The highest BCUT2D eigenvalue weighted by Gasteiger charge is 2.28. The number of nitrogens with one attached hydrogen (secondary N) is 2. The molecule has 2 atom stereocenters. The van der Waals surface area contributed by atoms with Crippen molar-refractivity contribution in [3.05, 3.63) is 29.8 Å². The van der Waals surface area contributed by atoms with Gasteiger partial charge in [0.25, 0.3) is 6.10 Å². The van der Waals surface area contributed by atoms with Crippen LogP contribution in [0.4, 0.5) is 0 Å². The first-order chi connectivity index (χ1) is 16.4. The van der Waals surface area contributed by atoms with Gasteiger partial charge in [0.1, 0.15) is 17.8 Å². The van der Waals surface area contributed by atoms with E-state index in [0.717, 1.165) is 6.42 Å². The average molecular weight is 495 g/mol. The molecule has 0 heterocycles. The van der Waals surface area contributed by atoms with Crippen LogP contribution in [-0.4, -0.2) is 69.1 Å². The number of hydrogen-bond donors (Lipinski definition) is 6. The van der Waals surface area contributed by atoms with Crippen LogP contribution >= 0.6 is 0 Å². The number of hydrogen-bond acceptors (Lipinski definition) is 7. The van der Waals surface area contributed by atoms with Gasteiger partial charge in [-0.3, -0.25) is 19.2 Å². The SMILES string of the molecule is CCCC[C@H](NC(=O)[C@H](Cc1ccc(OC(C(=O)O)C(=O)O)cc1)NC(=O)CCC(=O)O)C(N)=O. The van der Waals surface area contributed by atoms with Crippen molar-refractivity contribution in [2.75, 3.05) is 0 Å². The first-order valence-electron chi connectivity index (χ1n) is 10.8. The summed E-state index contributed by atoms with van der Waals surface area (Å²) < 4.78 is 4.93. The molecule has 0 aliphatic heterocycles. The van der Waals surface area contributed by atoms with Gasteiger partial charge < -0.3 is 36.4 Å². The van der Waals surface area contributed by atoms with Crippen LogP contribution in [0.25, 0.3) is 0 Å². The number of aliphatic carboxylic acids is 3. The molecule has 35 heavy (non-hydrogen) atoms. The van der Waals surface area contributed by atoms with Gasteiger partial charge in [-0.1, -0.05) is 31.9 Å². The van der Waals surface area contributed by atoms with E-state index in [0.29, 0.717) is 18.4 Å². The Hall–Kier alpha value is -4.16. The molecule has 7 N–H and O–H groups in total. The number of carboxylic acid groups (broad SMARTS) is 3. The van der Waals surface area contributed by atoms with Gasteiger partial charge >= 0.3 is 17.9 Å². The normalized spacial score (nSPS) is 12.3. The number of carboxylic acids is 3. The quantitative estimate of drug-likeness (QED) is 0.164. The maximum absolute atomic E-state index is 12.9. The van der Waals surface area contributed by atoms with E-state index in [1.165, 1.54) is 24.3 Å². The third-order valence-corrected chi connectivity index (χ3v) is 4.79. The number of carbonyl (C=O) groups is 6. The Balaban J connectivity index is 3.01.